The van der Waals surface area contributed by atoms with E-state index in [1.54, 1.807) is 11.3 Å². The zero-order valence-corrected chi connectivity index (χ0v) is 14.3. The van der Waals surface area contributed by atoms with Crippen molar-refractivity contribution in [1.29, 1.82) is 0 Å². The van der Waals surface area contributed by atoms with Crippen LogP contribution in [0.4, 0.5) is 5.69 Å². The molecular formula is C20H20N2OS. The summed E-state index contributed by atoms with van der Waals surface area (Å²) in [6.45, 7) is 1.45. The Morgan fingerprint density at radius 2 is 2.00 bits per heavy atom. The van der Waals surface area contributed by atoms with Crippen LogP contribution in [0.3, 0.4) is 0 Å². The molecule has 0 radical (unpaired) electrons. The molecule has 1 fully saturated rings. The first-order valence-electron chi connectivity index (χ1n) is 8.36. The molecule has 2 heterocycles. The third-order valence-electron chi connectivity index (χ3n) is 4.62. The van der Waals surface area contributed by atoms with E-state index in [1.165, 1.54) is 10.3 Å². The first kappa shape index (κ1) is 15.4. The van der Waals surface area contributed by atoms with E-state index in [-0.39, 0.29) is 5.91 Å². The van der Waals surface area contributed by atoms with Gasteiger partial charge in [-0.15, -0.1) is 11.3 Å². The topological polar surface area (TPSA) is 32.3 Å². The molecule has 4 heteroatoms. The maximum Gasteiger partial charge on any atom is 0.238 e. The first-order chi connectivity index (χ1) is 11.8. The minimum atomic E-state index is 0.0636. The van der Waals surface area contributed by atoms with E-state index in [9.17, 15) is 4.79 Å². The summed E-state index contributed by atoms with van der Waals surface area (Å²) >= 11 is 1.78. The number of benzene rings is 2. The summed E-state index contributed by atoms with van der Waals surface area (Å²) in [7, 11) is 0. The highest BCUT2D eigenvalue weighted by atomic mass is 32.1. The molecule has 3 nitrogen and oxygen atoms in total. The van der Waals surface area contributed by atoms with Gasteiger partial charge in [0, 0.05) is 16.6 Å². The average Bonchev–Trinajstić information content (AvgIpc) is 3.25. The number of fused-ring (bicyclic) bond motifs is 1. The molecular weight excluding hydrogens is 316 g/mol. The van der Waals surface area contributed by atoms with E-state index in [2.05, 4.69) is 45.9 Å². The summed E-state index contributed by atoms with van der Waals surface area (Å²) < 4.78 is 0. The summed E-state index contributed by atoms with van der Waals surface area (Å²) in [6, 6.07) is 18.9. The van der Waals surface area contributed by atoms with Crippen molar-refractivity contribution in [3.63, 3.8) is 0 Å². The van der Waals surface area contributed by atoms with Crippen LogP contribution in [0.1, 0.15) is 23.8 Å². The van der Waals surface area contributed by atoms with Gasteiger partial charge in [-0.25, -0.2) is 0 Å². The second-order valence-electron chi connectivity index (χ2n) is 6.25. The number of hydrogen-bond donors (Lipinski definition) is 1. The van der Waals surface area contributed by atoms with E-state index >= 15 is 0 Å². The highest BCUT2D eigenvalue weighted by Crippen LogP contribution is 2.34. The van der Waals surface area contributed by atoms with Crippen molar-refractivity contribution in [1.82, 2.24) is 4.90 Å². The van der Waals surface area contributed by atoms with Crippen LogP contribution in [0.2, 0.25) is 0 Å². The second kappa shape index (κ2) is 6.75. The van der Waals surface area contributed by atoms with Crippen molar-refractivity contribution in [2.75, 3.05) is 18.4 Å². The SMILES string of the molecule is O=C(CN1CCC[C@H]1c1cccs1)Nc1ccc2ccccc2c1. The number of nitrogens with zero attached hydrogens (tertiary/aromatic N) is 1. The predicted molar refractivity (Wildman–Crippen MR) is 100 cm³/mol. The van der Waals surface area contributed by atoms with Crippen LogP contribution in [-0.4, -0.2) is 23.9 Å². The van der Waals surface area contributed by atoms with Crippen molar-refractivity contribution in [3.8, 4) is 0 Å². The molecule has 0 saturated carbocycles. The van der Waals surface area contributed by atoms with Gasteiger partial charge in [0.05, 0.1) is 6.54 Å². The largest absolute Gasteiger partial charge is 0.325 e. The van der Waals surface area contributed by atoms with Gasteiger partial charge < -0.3 is 5.32 Å². The Kier molecular flexibility index (Phi) is 4.32. The van der Waals surface area contributed by atoms with Gasteiger partial charge >= 0.3 is 0 Å². The normalized spacial score (nSPS) is 18.1. The van der Waals surface area contributed by atoms with Gasteiger partial charge in [0.15, 0.2) is 0 Å². The second-order valence-corrected chi connectivity index (χ2v) is 7.23. The molecule has 1 aromatic heterocycles. The molecule has 0 aliphatic carbocycles. The van der Waals surface area contributed by atoms with Crippen molar-refractivity contribution < 1.29 is 4.79 Å². The highest BCUT2D eigenvalue weighted by molar-refractivity contribution is 7.10. The number of likely N-dealkylation sites (tertiary alicyclic amines) is 1. The van der Waals surface area contributed by atoms with Crippen molar-refractivity contribution in [3.05, 3.63) is 64.9 Å². The predicted octanol–water partition coefficient (Wildman–Crippen LogP) is 4.68. The Bertz CT molecular complexity index is 844. The zero-order valence-electron chi connectivity index (χ0n) is 13.4. The molecule has 0 spiro atoms. The number of hydrogen-bond acceptors (Lipinski definition) is 3. The van der Waals surface area contributed by atoms with Crippen molar-refractivity contribution in [2.45, 2.75) is 18.9 Å². The summed E-state index contributed by atoms with van der Waals surface area (Å²) in [5.74, 6) is 0.0636. The number of thiophene rings is 1. The smallest absolute Gasteiger partial charge is 0.238 e. The minimum absolute atomic E-state index is 0.0636. The maximum atomic E-state index is 12.5. The van der Waals surface area contributed by atoms with E-state index in [1.807, 2.05) is 24.3 Å². The monoisotopic (exact) mass is 336 g/mol. The van der Waals surface area contributed by atoms with Crippen LogP contribution in [0.25, 0.3) is 10.8 Å². The standard InChI is InChI=1S/C20H20N2OS/c23-20(14-22-11-3-7-18(22)19-8-4-12-24-19)21-17-10-9-15-5-1-2-6-16(15)13-17/h1-2,4-6,8-10,12-13,18H,3,7,11,14H2,(H,21,23)/t18-/m0/s1. The molecule has 122 valence electrons. The zero-order chi connectivity index (χ0) is 16.4. The summed E-state index contributed by atoms with van der Waals surface area (Å²) in [5, 5.41) is 7.50. The van der Waals surface area contributed by atoms with Gasteiger partial charge in [-0.2, -0.15) is 0 Å². The maximum absolute atomic E-state index is 12.5. The van der Waals surface area contributed by atoms with Crippen LogP contribution in [-0.2, 0) is 4.79 Å². The summed E-state index contributed by atoms with van der Waals surface area (Å²) in [6.07, 6.45) is 2.30. The van der Waals surface area contributed by atoms with Crippen LogP contribution >= 0.6 is 11.3 Å². The molecule has 1 aliphatic heterocycles. The molecule has 1 atom stereocenters. The van der Waals surface area contributed by atoms with Gasteiger partial charge in [-0.3, -0.25) is 9.69 Å². The van der Waals surface area contributed by atoms with E-state index < -0.39 is 0 Å². The molecule has 1 saturated heterocycles. The lowest BCUT2D eigenvalue weighted by Crippen LogP contribution is -2.32. The third kappa shape index (κ3) is 3.21. The van der Waals surface area contributed by atoms with Gasteiger partial charge in [0.25, 0.3) is 0 Å². The lowest BCUT2D eigenvalue weighted by molar-refractivity contribution is -0.117. The molecule has 1 N–H and O–H groups in total. The fraction of sp³-hybridized carbons (Fsp3) is 0.250. The third-order valence-corrected chi connectivity index (χ3v) is 5.59. The van der Waals surface area contributed by atoms with Crippen LogP contribution in [0.5, 0.6) is 0 Å². The average molecular weight is 336 g/mol. The Hall–Kier alpha value is -2.17. The number of amides is 1. The Balaban J connectivity index is 1.44. The molecule has 24 heavy (non-hydrogen) atoms. The van der Waals surface area contributed by atoms with E-state index in [0.29, 0.717) is 12.6 Å². The van der Waals surface area contributed by atoms with E-state index in [0.717, 1.165) is 30.5 Å². The quantitative estimate of drug-likeness (QED) is 0.750. The van der Waals surface area contributed by atoms with Crippen LogP contribution in [0, 0.1) is 0 Å². The number of carbonyl (C=O) groups is 1. The molecule has 4 rings (SSSR count). The van der Waals surface area contributed by atoms with Gasteiger partial charge in [-0.1, -0.05) is 36.4 Å². The molecule has 1 amide bonds. The van der Waals surface area contributed by atoms with E-state index in [4.69, 9.17) is 0 Å². The molecule has 0 unspecified atom stereocenters. The van der Waals surface area contributed by atoms with Gasteiger partial charge in [0.1, 0.15) is 0 Å². The van der Waals surface area contributed by atoms with Crippen molar-refractivity contribution >= 4 is 33.7 Å². The van der Waals surface area contributed by atoms with Crippen LogP contribution < -0.4 is 5.32 Å². The Labute approximate surface area is 145 Å². The lowest BCUT2D eigenvalue weighted by atomic mass is 10.1. The number of rotatable bonds is 4. The fourth-order valence-electron chi connectivity index (χ4n) is 3.47. The van der Waals surface area contributed by atoms with Crippen LogP contribution in [0.15, 0.2) is 60.0 Å². The number of anilines is 1. The highest BCUT2D eigenvalue weighted by Gasteiger charge is 2.28. The molecule has 0 bridgehead atoms. The lowest BCUT2D eigenvalue weighted by Gasteiger charge is -2.22. The first-order valence-corrected chi connectivity index (χ1v) is 9.24. The minimum Gasteiger partial charge on any atom is -0.325 e. The Morgan fingerprint density at radius 1 is 1.12 bits per heavy atom. The van der Waals surface area contributed by atoms with Gasteiger partial charge in [-0.05, 0) is 53.7 Å². The number of nitrogens with one attached hydrogen (secondary N) is 1. The molecule has 2 aromatic carbocycles. The summed E-state index contributed by atoms with van der Waals surface area (Å²) in [5.41, 5.74) is 0.866. The van der Waals surface area contributed by atoms with Gasteiger partial charge in [0.2, 0.25) is 5.91 Å². The van der Waals surface area contributed by atoms with Crippen molar-refractivity contribution in [2.24, 2.45) is 0 Å². The number of carbonyl (C=O) groups excluding carboxylic acids is 1. The Morgan fingerprint density at radius 3 is 2.83 bits per heavy atom. The summed E-state index contributed by atoms with van der Waals surface area (Å²) in [4.78, 5) is 16.1. The fourth-order valence-corrected chi connectivity index (χ4v) is 4.37. The molecule has 1 aliphatic rings. The molecule has 3 aromatic rings.